The van der Waals surface area contributed by atoms with Crippen molar-refractivity contribution in [2.45, 2.75) is 31.1 Å². The summed E-state index contributed by atoms with van der Waals surface area (Å²) in [6.45, 7) is 3.69. The maximum Gasteiger partial charge on any atom is 0.276 e. The molecular weight excluding hydrogens is 268 g/mol. The van der Waals surface area contributed by atoms with E-state index in [1.807, 2.05) is 6.92 Å². The standard InChI is InChI=1S/C12H20N2O4S/c1-3-10-9-14(6-7-17-10)19(15,16)12-5-4-11(18-12)8-13-2/h4-5,10,13H,3,6-9H2,1-2H3. The fourth-order valence-corrected chi connectivity index (χ4v) is 3.44. The summed E-state index contributed by atoms with van der Waals surface area (Å²) in [6, 6.07) is 3.19. The van der Waals surface area contributed by atoms with E-state index in [0.717, 1.165) is 6.42 Å². The van der Waals surface area contributed by atoms with Crippen LogP contribution in [0.2, 0.25) is 0 Å². The summed E-state index contributed by atoms with van der Waals surface area (Å²) < 4.78 is 37.1. The Morgan fingerprint density at radius 1 is 1.47 bits per heavy atom. The van der Waals surface area contributed by atoms with E-state index in [4.69, 9.17) is 9.15 Å². The number of morpholine rings is 1. The second-order valence-corrected chi connectivity index (χ2v) is 6.38. The van der Waals surface area contributed by atoms with Crippen LogP contribution in [0, 0.1) is 0 Å². The SMILES string of the molecule is CCC1CN(S(=O)(=O)c2ccc(CNC)o2)CCO1. The third-order valence-electron chi connectivity index (χ3n) is 3.14. The number of furan rings is 1. The Morgan fingerprint density at radius 3 is 2.95 bits per heavy atom. The molecule has 0 aromatic carbocycles. The highest BCUT2D eigenvalue weighted by atomic mass is 32.2. The number of ether oxygens (including phenoxy) is 1. The molecule has 2 rings (SSSR count). The maximum absolute atomic E-state index is 12.4. The topological polar surface area (TPSA) is 71.8 Å². The van der Waals surface area contributed by atoms with E-state index in [1.165, 1.54) is 10.4 Å². The highest BCUT2D eigenvalue weighted by Crippen LogP contribution is 2.21. The Kier molecular flexibility index (Phi) is 4.62. The molecule has 1 atom stereocenters. The van der Waals surface area contributed by atoms with E-state index in [2.05, 4.69) is 5.32 Å². The first-order valence-electron chi connectivity index (χ1n) is 6.43. The highest BCUT2D eigenvalue weighted by Gasteiger charge is 2.32. The molecule has 6 nitrogen and oxygen atoms in total. The Bertz CT molecular complexity index is 512. The number of hydrogen-bond donors (Lipinski definition) is 1. The van der Waals surface area contributed by atoms with Crippen LogP contribution < -0.4 is 5.32 Å². The van der Waals surface area contributed by atoms with Gasteiger partial charge in [-0.3, -0.25) is 0 Å². The van der Waals surface area contributed by atoms with E-state index in [1.54, 1.807) is 13.1 Å². The summed E-state index contributed by atoms with van der Waals surface area (Å²) in [5.41, 5.74) is 0. The summed E-state index contributed by atoms with van der Waals surface area (Å²) in [4.78, 5) is 0. The molecule has 1 aliphatic rings. The van der Waals surface area contributed by atoms with Gasteiger partial charge in [0.15, 0.2) is 0 Å². The Hall–Kier alpha value is -0.890. The predicted molar refractivity (Wildman–Crippen MR) is 70.3 cm³/mol. The molecule has 0 amide bonds. The Labute approximate surface area is 113 Å². The van der Waals surface area contributed by atoms with Crippen LogP contribution in [0.5, 0.6) is 0 Å². The fraction of sp³-hybridized carbons (Fsp3) is 0.667. The van der Waals surface area contributed by atoms with Gasteiger partial charge in [0.25, 0.3) is 10.0 Å². The molecule has 1 saturated heterocycles. The third kappa shape index (κ3) is 3.17. The highest BCUT2D eigenvalue weighted by molar-refractivity contribution is 7.89. The quantitative estimate of drug-likeness (QED) is 0.867. The lowest BCUT2D eigenvalue weighted by Gasteiger charge is -2.30. The number of nitrogens with zero attached hydrogens (tertiary/aromatic N) is 1. The fourth-order valence-electron chi connectivity index (χ4n) is 2.05. The van der Waals surface area contributed by atoms with Gasteiger partial charge in [0, 0.05) is 13.1 Å². The van der Waals surface area contributed by atoms with Crippen molar-refractivity contribution in [2.75, 3.05) is 26.7 Å². The van der Waals surface area contributed by atoms with Crippen LogP contribution in [-0.4, -0.2) is 45.6 Å². The zero-order valence-corrected chi connectivity index (χ0v) is 12.1. The molecule has 1 aromatic rings. The average Bonchev–Trinajstić information content (AvgIpc) is 2.88. The van der Waals surface area contributed by atoms with Gasteiger partial charge in [0.05, 0.1) is 19.3 Å². The van der Waals surface area contributed by atoms with Crippen LogP contribution in [0.1, 0.15) is 19.1 Å². The molecule has 0 spiro atoms. The van der Waals surface area contributed by atoms with Gasteiger partial charge in [-0.05, 0) is 25.6 Å². The van der Waals surface area contributed by atoms with Crippen LogP contribution >= 0.6 is 0 Å². The van der Waals surface area contributed by atoms with E-state index >= 15 is 0 Å². The molecule has 0 radical (unpaired) electrons. The zero-order valence-electron chi connectivity index (χ0n) is 11.3. The van der Waals surface area contributed by atoms with Crippen molar-refractivity contribution in [3.8, 4) is 0 Å². The predicted octanol–water partition coefficient (Wildman–Crippen LogP) is 0.799. The van der Waals surface area contributed by atoms with Gasteiger partial charge in [0.2, 0.25) is 5.09 Å². The average molecular weight is 288 g/mol. The molecule has 108 valence electrons. The molecule has 1 unspecified atom stereocenters. The van der Waals surface area contributed by atoms with Gasteiger partial charge in [-0.15, -0.1) is 0 Å². The summed E-state index contributed by atoms with van der Waals surface area (Å²) in [6.07, 6.45) is 0.769. The molecule has 0 aliphatic carbocycles. The number of nitrogens with one attached hydrogen (secondary N) is 1. The smallest absolute Gasteiger partial charge is 0.276 e. The minimum atomic E-state index is -3.54. The minimum absolute atomic E-state index is 0.00880. The van der Waals surface area contributed by atoms with Crippen molar-refractivity contribution in [3.63, 3.8) is 0 Å². The molecule has 2 heterocycles. The van der Waals surface area contributed by atoms with Gasteiger partial charge in [-0.2, -0.15) is 4.31 Å². The first kappa shape index (κ1) is 14.5. The van der Waals surface area contributed by atoms with Crippen LogP contribution in [0.3, 0.4) is 0 Å². The van der Waals surface area contributed by atoms with Crippen molar-refractivity contribution in [3.05, 3.63) is 17.9 Å². The molecule has 0 saturated carbocycles. The van der Waals surface area contributed by atoms with E-state index in [0.29, 0.717) is 32.0 Å². The second kappa shape index (κ2) is 6.04. The molecule has 1 aromatic heterocycles. The summed E-state index contributed by atoms with van der Waals surface area (Å²) in [5, 5.41) is 2.93. The second-order valence-electron chi connectivity index (χ2n) is 4.52. The van der Waals surface area contributed by atoms with Crippen molar-refractivity contribution in [1.29, 1.82) is 0 Å². The van der Waals surface area contributed by atoms with E-state index in [9.17, 15) is 8.42 Å². The monoisotopic (exact) mass is 288 g/mol. The van der Waals surface area contributed by atoms with Crippen molar-refractivity contribution in [1.82, 2.24) is 9.62 Å². The van der Waals surface area contributed by atoms with Gasteiger partial charge >= 0.3 is 0 Å². The summed E-state index contributed by atoms with van der Waals surface area (Å²) >= 11 is 0. The molecule has 0 bridgehead atoms. The lowest BCUT2D eigenvalue weighted by molar-refractivity contribution is -0.00315. The van der Waals surface area contributed by atoms with E-state index < -0.39 is 10.0 Å². The lowest BCUT2D eigenvalue weighted by Crippen LogP contribution is -2.45. The van der Waals surface area contributed by atoms with Crippen LogP contribution in [0.4, 0.5) is 0 Å². The van der Waals surface area contributed by atoms with Crippen LogP contribution in [0.15, 0.2) is 21.6 Å². The van der Waals surface area contributed by atoms with E-state index in [-0.39, 0.29) is 11.2 Å². The third-order valence-corrected chi connectivity index (χ3v) is 4.88. The zero-order chi connectivity index (χ0) is 13.9. The largest absolute Gasteiger partial charge is 0.447 e. The van der Waals surface area contributed by atoms with Crippen LogP contribution in [-0.2, 0) is 21.3 Å². The van der Waals surface area contributed by atoms with Gasteiger partial charge in [-0.1, -0.05) is 6.92 Å². The molecule has 1 aliphatic heterocycles. The normalized spacial score (nSPS) is 21.7. The number of rotatable bonds is 5. The van der Waals surface area contributed by atoms with Crippen LogP contribution in [0.25, 0.3) is 0 Å². The van der Waals surface area contributed by atoms with Gasteiger partial charge in [-0.25, -0.2) is 8.42 Å². The lowest BCUT2D eigenvalue weighted by atomic mass is 10.2. The van der Waals surface area contributed by atoms with Crippen molar-refractivity contribution in [2.24, 2.45) is 0 Å². The summed E-state index contributed by atoms with van der Waals surface area (Å²) in [7, 11) is -1.76. The first-order valence-corrected chi connectivity index (χ1v) is 7.87. The Morgan fingerprint density at radius 2 is 2.26 bits per heavy atom. The first-order chi connectivity index (χ1) is 9.07. The number of hydrogen-bond acceptors (Lipinski definition) is 5. The van der Waals surface area contributed by atoms with Crippen molar-refractivity contribution < 1.29 is 17.6 Å². The molecule has 19 heavy (non-hydrogen) atoms. The molecule has 7 heteroatoms. The number of sulfonamides is 1. The minimum Gasteiger partial charge on any atom is -0.447 e. The summed E-state index contributed by atoms with van der Waals surface area (Å²) in [5.74, 6) is 0.612. The van der Waals surface area contributed by atoms with Gasteiger partial charge in [0.1, 0.15) is 5.76 Å². The Balaban J connectivity index is 2.16. The van der Waals surface area contributed by atoms with Crippen molar-refractivity contribution >= 4 is 10.0 Å². The molecule has 1 fully saturated rings. The molecular formula is C12H20N2O4S. The van der Waals surface area contributed by atoms with Gasteiger partial charge < -0.3 is 14.5 Å². The molecule has 1 N–H and O–H groups in total. The maximum atomic E-state index is 12.4.